The molecular weight excluding hydrogens is 885 g/mol. The Hall–Kier alpha value is -8.43. The van der Waals surface area contributed by atoms with Gasteiger partial charge in [0.1, 0.15) is 30.9 Å². The van der Waals surface area contributed by atoms with Gasteiger partial charge in [-0.15, -0.1) is 0 Å². The van der Waals surface area contributed by atoms with E-state index in [4.69, 9.17) is 15.2 Å². The summed E-state index contributed by atoms with van der Waals surface area (Å²) < 4.78 is 99.8. The quantitative estimate of drug-likeness (QED) is 0.0124. The maximum absolute atomic E-state index is 14.7. The third kappa shape index (κ3) is 10.3. The van der Waals surface area contributed by atoms with Gasteiger partial charge in [0.2, 0.25) is 22.6 Å². The van der Waals surface area contributed by atoms with Crippen molar-refractivity contribution >= 4 is 40.2 Å². The van der Waals surface area contributed by atoms with Crippen LogP contribution < -0.4 is 15.9 Å². The molecule has 0 radical (unpaired) electrons. The van der Waals surface area contributed by atoms with Gasteiger partial charge in [0.15, 0.2) is 46.5 Å². The van der Waals surface area contributed by atoms with Crippen LogP contribution in [0.25, 0.3) is 38.8 Å². The van der Waals surface area contributed by atoms with Crippen LogP contribution >= 0.6 is 0 Å². The lowest BCUT2D eigenvalue weighted by molar-refractivity contribution is -0.456. The molecule has 1 aliphatic rings. The number of aromatic nitrogens is 1. The van der Waals surface area contributed by atoms with Crippen LogP contribution in [0.2, 0.25) is 0 Å². The number of pyridine rings is 1. The zero-order chi connectivity index (χ0) is 48.7. The number of Topliss-reactive ketones (excluding diaryl/α,β-unsaturated/α-hetero) is 1. The van der Waals surface area contributed by atoms with E-state index >= 15 is 0 Å². The number of aromatic hydroxyl groups is 1. The van der Waals surface area contributed by atoms with Crippen LogP contribution in [0, 0.1) is 34.9 Å². The molecule has 8 rings (SSSR count). The molecule has 0 aliphatic carbocycles. The van der Waals surface area contributed by atoms with Gasteiger partial charge in [-0.05, 0) is 72.5 Å². The number of fused-ring (bicyclic) bond motifs is 2. The number of nitrogens with zero attached hydrogens (tertiary/aromatic N) is 2. The third-order valence-electron chi connectivity index (χ3n) is 9.70. The van der Waals surface area contributed by atoms with E-state index in [1.54, 1.807) is 31.2 Å². The molecule has 2 heterocycles. The number of esters is 2. The first-order valence-electron chi connectivity index (χ1n) is 20.1. The molecule has 1 aliphatic heterocycles. The minimum atomic E-state index is -2.14. The molecule has 11 nitrogen and oxygen atoms in total. The molecule has 17 heteroatoms. The molecule has 1 aromatic heterocycles. The van der Waals surface area contributed by atoms with Crippen LogP contribution in [-0.2, 0) is 14.3 Å². The number of halogens is 6. The maximum atomic E-state index is 14.7. The second-order valence-electron chi connectivity index (χ2n) is 14.4. The molecule has 342 valence electrons. The normalized spacial score (nSPS) is 10.8. The van der Waals surface area contributed by atoms with Gasteiger partial charge in [0.05, 0.1) is 35.5 Å². The second-order valence-corrected chi connectivity index (χ2v) is 14.4. The van der Waals surface area contributed by atoms with Gasteiger partial charge >= 0.3 is 11.9 Å². The summed E-state index contributed by atoms with van der Waals surface area (Å²) in [5, 5.41) is 9.10. The van der Waals surface area contributed by atoms with Crippen molar-refractivity contribution in [2.24, 2.45) is 0 Å². The third-order valence-corrected chi connectivity index (χ3v) is 9.70. The van der Waals surface area contributed by atoms with Gasteiger partial charge in [-0.1, -0.05) is 72.8 Å². The summed E-state index contributed by atoms with van der Waals surface area (Å²) in [6.45, 7) is 3.06. The standard InChI is InChI=1S/C24H15F2NO4.C14H12F4NO3.C12H11NO/c1-2-30-24(29)16-12-27-18-9-8-14(13-6-4-3-5-7-13)10-19(18)31-23-20(26)17(25)11-15(21(23)27)22(16)28;1-4-22-14(21)8(6-19(2)3)13(20)7-5-9(15)11(17)12(18)10(7)16;13-11-8-10(6-7-12(11)14)9-4-2-1-3-5-9/h3-12H,2H2,1H3;5H,4H2,1-3H3;1-8,14H,13H2/q;+1;. The number of phenols is 1. The minimum absolute atomic E-state index is 0.0527. The molecule has 0 atom stereocenters. The second kappa shape index (κ2) is 20.6. The molecule has 0 amide bonds. The van der Waals surface area contributed by atoms with E-state index < -0.39 is 74.9 Å². The first-order valence-corrected chi connectivity index (χ1v) is 20.1. The van der Waals surface area contributed by atoms with Crippen LogP contribution in [0.3, 0.4) is 0 Å². The number of nitrogens with two attached hydrogens (primary N) is 1. The van der Waals surface area contributed by atoms with Gasteiger partial charge in [-0.2, -0.15) is 8.97 Å². The van der Waals surface area contributed by atoms with E-state index in [-0.39, 0.29) is 47.2 Å². The number of carbonyl (C=O) groups excluding carboxylic acids is 3. The summed E-state index contributed by atoms with van der Waals surface area (Å²) in [5.74, 6) is -11.4. The largest absolute Gasteiger partial charge is 0.506 e. The summed E-state index contributed by atoms with van der Waals surface area (Å²) in [6.07, 6.45) is 1.28. The number of hydrogen-bond acceptors (Lipinski definition) is 9. The molecule has 6 aromatic carbocycles. The molecule has 0 saturated heterocycles. The summed E-state index contributed by atoms with van der Waals surface area (Å²) >= 11 is 0. The topological polar surface area (TPSA) is 150 Å². The Morgan fingerprint density at radius 2 is 1.28 bits per heavy atom. The number of anilines is 1. The van der Waals surface area contributed by atoms with Crippen LogP contribution in [0.4, 0.5) is 32.0 Å². The highest BCUT2D eigenvalue weighted by molar-refractivity contribution is 6.29. The average molecular weight is 923 g/mol. The highest BCUT2D eigenvalue weighted by Gasteiger charge is 2.31. The summed E-state index contributed by atoms with van der Waals surface area (Å²) in [7, 11) is 2.82. The number of rotatable bonds is 8. The highest BCUT2D eigenvalue weighted by Crippen LogP contribution is 2.43. The Kier molecular flexibility index (Phi) is 14.8. The molecule has 0 fully saturated rings. The molecule has 0 unspecified atom stereocenters. The summed E-state index contributed by atoms with van der Waals surface area (Å²) in [6, 6.07) is 30.9. The number of carbonyl (C=O) groups is 3. The van der Waals surface area contributed by atoms with Crippen molar-refractivity contribution in [1.82, 2.24) is 4.57 Å². The van der Waals surface area contributed by atoms with Crippen molar-refractivity contribution in [3.8, 4) is 45.2 Å². The predicted molar refractivity (Wildman–Crippen MR) is 237 cm³/mol. The molecule has 0 spiro atoms. The number of phenolic OH excluding ortho intramolecular Hbond substituents is 1. The van der Waals surface area contributed by atoms with Crippen LogP contribution in [0.5, 0.6) is 17.2 Å². The average Bonchev–Trinajstić information content (AvgIpc) is 3.32. The smallest absolute Gasteiger partial charge is 0.356 e. The molecule has 67 heavy (non-hydrogen) atoms. The fourth-order valence-electron chi connectivity index (χ4n) is 6.61. The van der Waals surface area contributed by atoms with Gasteiger partial charge in [0, 0.05) is 6.20 Å². The molecule has 7 aromatic rings. The van der Waals surface area contributed by atoms with E-state index in [1.807, 2.05) is 72.8 Å². The Balaban J connectivity index is 0.000000179. The highest BCUT2D eigenvalue weighted by atomic mass is 19.2. The molecular formula is C50H38F6N3O8+. The van der Waals surface area contributed by atoms with Crippen molar-refractivity contribution in [1.29, 1.82) is 0 Å². The molecule has 0 bridgehead atoms. The van der Waals surface area contributed by atoms with E-state index in [0.717, 1.165) is 32.9 Å². The van der Waals surface area contributed by atoms with Gasteiger partial charge in [-0.3, -0.25) is 9.59 Å². The number of benzene rings is 6. The van der Waals surface area contributed by atoms with E-state index in [1.165, 1.54) is 31.8 Å². The van der Waals surface area contributed by atoms with Gasteiger partial charge in [-0.25, -0.2) is 31.5 Å². The van der Waals surface area contributed by atoms with Crippen molar-refractivity contribution in [3.63, 3.8) is 0 Å². The number of nitrogen functional groups attached to an aromatic ring is 1. The van der Waals surface area contributed by atoms with Crippen LogP contribution in [0.15, 0.2) is 126 Å². The molecule has 3 N–H and O–H groups in total. The Labute approximate surface area is 377 Å². The predicted octanol–water partition coefficient (Wildman–Crippen LogP) is 9.72. The van der Waals surface area contributed by atoms with Crippen LogP contribution in [0.1, 0.15) is 34.6 Å². The number of ether oxygens (including phenoxy) is 3. The maximum Gasteiger partial charge on any atom is 0.356 e. The van der Waals surface area contributed by atoms with Crippen LogP contribution in [-0.4, -0.2) is 65.1 Å². The monoisotopic (exact) mass is 922 g/mol. The first kappa shape index (κ1) is 48.0. The van der Waals surface area contributed by atoms with E-state index in [0.29, 0.717) is 11.4 Å². The van der Waals surface area contributed by atoms with Gasteiger partial charge in [0.25, 0.3) is 0 Å². The van der Waals surface area contributed by atoms with Crippen molar-refractivity contribution in [2.45, 2.75) is 13.8 Å². The van der Waals surface area contributed by atoms with Crippen molar-refractivity contribution in [2.75, 3.05) is 33.0 Å². The summed E-state index contributed by atoms with van der Waals surface area (Å²) in [5.41, 5.74) is 7.46. The number of ketones is 1. The first-order chi connectivity index (χ1) is 32.0. The van der Waals surface area contributed by atoms with E-state index in [2.05, 4.69) is 10.6 Å². The lowest BCUT2D eigenvalue weighted by Crippen LogP contribution is -2.22. The SMILES string of the molecule is CCOC(=O)C(=C=[N+](C)C)C(=O)c1cc(F)c(F)c(F)c1F.CCOC(=O)c1cn2c3c(c(F)c(F)cc3c1=O)Oc1cc(-c3ccccc3)ccc1-2.Nc1cc(-c2ccccc2)ccc1O. The van der Waals surface area contributed by atoms with Crippen molar-refractivity contribution in [3.05, 3.63) is 177 Å². The Bertz CT molecular complexity index is 3200. The lowest BCUT2D eigenvalue weighted by atomic mass is 10.0. The fraction of sp³-hybridized carbons (Fsp3) is 0.120. The molecule has 0 saturated carbocycles. The van der Waals surface area contributed by atoms with E-state index in [9.17, 15) is 50.6 Å². The fourth-order valence-corrected chi connectivity index (χ4v) is 6.61. The lowest BCUT2D eigenvalue weighted by Gasteiger charge is -2.24. The van der Waals surface area contributed by atoms with Crippen molar-refractivity contribution < 1.29 is 64.6 Å². The van der Waals surface area contributed by atoms with Gasteiger partial charge < -0.3 is 29.6 Å². The Morgan fingerprint density at radius 3 is 1.87 bits per heavy atom. The number of hydrogen-bond donors (Lipinski definition) is 2. The summed E-state index contributed by atoms with van der Waals surface area (Å²) in [4.78, 5) is 49.0. The zero-order valence-corrected chi connectivity index (χ0v) is 35.9. The minimum Gasteiger partial charge on any atom is -0.506 e. The Morgan fingerprint density at radius 1 is 0.701 bits per heavy atom. The zero-order valence-electron chi connectivity index (χ0n) is 35.9.